The smallest absolute Gasteiger partial charge is 0.218 e. The highest BCUT2D eigenvalue weighted by Gasteiger charge is 2.39. The monoisotopic (exact) mass is 368 g/mol. The maximum absolute atomic E-state index is 11.2. The first-order valence-corrected chi connectivity index (χ1v) is 6.97. The number of hydrogen-bond acceptors (Lipinski definition) is 3. The van der Waals surface area contributed by atoms with Crippen molar-refractivity contribution in [3.63, 3.8) is 0 Å². The number of ether oxygens (including phenoxy) is 1. The lowest BCUT2D eigenvalue weighted by atomic mass is 9.83. The van der Waals surface area contributed by atoms with Gasteiger partial charge in [-0.25, -0.2) is 0 Å². The van der Waals surface area contributed by atoms with Crippen LogP contribution >= 0.6 is 22.9 Å². The normalized spacial score (nSPS) is 27.1. The van der Waals surface area contributed by atoms with Crippen LogP contribution in [-0.2, 0) is 4.79 Å². The number of benzene rings is 1. The Morgan fingerprint density at radius 2 is 2.11 bits per heavy atom. The minimum absolute atomic E-state index is 0.0337. The fourth-order valence-electron chi connectivity index (χ4n) is 2.62. The number of nitrogen functional groups attached to an aromatic ring is 1. The zero-order valence-electron chi connectivity index (χ0n) is 10.1. The highest BCUT2D eigenvalue weighted by Crippen LogP contribution is 2.45. The van der Waals surface area contributed by atoms with Crippen molar-refractivity contribution in [2.75, 3.05) is 5.73 Å². The van der Waals surface area contributed by atoms with Crippen LogP contribution in [0.4, 0.5) is 5.69 Å². The van der Waals surface area contributed by atoms with E-state index in [1.54, 1.807) is 3.11 Å². The third-order valence-electron chi connectivity index (χ3n) is 3.47. The van der Waals surface area contributed by atoms with Gasteiger partial charge in [0.1, 0.15) is 11.9 Å². The Balaban J connectivity index is 2.11. The van der Waals surface area contributed by atoms with Crippen LogP contribution in [0.5, 0.6) is 5.75 Å². The molecule has 5 heteroatoms. The largest absolute Gasteiger partial charge is 0.485 e. The average molecular weight is 368 g/mol. The summed E-state index contributed by atoms with van der Waals surface area (Å²) < 4.78 is 7.64. The molecule has 1 amide bonds. The Labute approximate surface area is 125 Å². The number of hydrogen-bond donors (Lipinski definition) is 1. The molecule has 2 N–H and O–H groups in total. The van der Waals surface area contributed by atoms with Gasteiger partial charge in [-0.1, -0.05) is 24.3 Å². The van der Waals surface area contributed by atoms with Crippen LogP contribution in [0.1, 0.15) is 11.6 Å². The fourth-order valence-corrected chi connectivity index (χ4v) is 3.29. The maximum Gasteiger partial charge on any atom is 0.218 e. The fraction of sp³-hybridized carbons (Fsp3) is 0.214. The van der Waals surface area contributed by atoms with E-state index in [0.29, 0.717) is 5.69 Å². The van der Waals surface area contributed by atoms with E-state index in [-0.39, 0.29) is 18.1 Å². The number of nitrogens with zero attached hydrogens (tertiary/aromatic N) is 1. The number of halogens is 1. The Bertz CT molecular complexity index is 571. The van der Waals surface area contributed by atoms with Gasteiger partial charge in [-0.2, -0.15) is 0 Å². The molecule has 3 atom stereocenters. The Kier molecular flexibility index (Phi) is 3.22. The average Bonchev–Trinajstić information content (AvgIpc) is 2.43. The van der Waals surface area contributed by atoms with E-state index in [2.05, 4.69) is 6.08 Å². The number of amides is 1. The lowest BCUT2D eigenvalue weighted by molar-refractivity contribution is -0.115. The van der Waals surface area contributed by atoms with Gasteiger partial charge in [0.2, 0.25) is 6.41 Å². The van der Waals surface area contributed by atoms with Crippen molar-refractivity contribution < 1.29 is 9.53 Å². The number of anilines is 1. The molecule has 19 heavy (non-hydrogen) atoms. The molecule has 98 valence electrons. The van der Waals surface area contributed by atoms with Crippen LogP contribution < -0.4 is 10.5 Å². The molecule has 0 spiro atoms. The minimum atomic E-state index is -0.0542. The third-order valence-corrected chi connectivity index (χ3v) is 4.30. The summed E-state index contributed by atoms with van der Waals surface area (Å²) in [6, 6.07) is 5.56. The van der Waals surface area contributed by atoms with Gasteiger partial charge in [0, 0.05) is 23.2 Å². The molecule has 1 aliphatic heterocycles. The second-order valence-electron chi connectivity index (χ2n) is 4.62. The molecule has 1 aromatic rings. The van der Waals surface area contributed by atoms with E-state index in [1.165, 1.54) is 0 Å². The van der Waals surface area contributed by atoms with Crippen molar-refractivity contribution in [2.24, 2.45) is 5.92 Å². The summed E-state index contributed by atoms with van der Waals surface area (Å²) in [7, 11) is 0. The third kappa shape index (κ3) is 2.11. The first-order valence-electron chi connectivity index (χ1n) is 6.01. The van der Waals surface area contributed by atoms with Gasteiger partial charge in [0.25, 0.3) is 0 Å². The van der Waals surface area contributed by atoms with Crippen molar-refractivity contribution in [3.8, 4) is 5.75 Å². The first kappa shape index (κ1) is 12.5. The molecule has 1 aliphatic carbocycles. The summed E-state index contributed by atoms with van der Waals surface area (Å²) in [4.78, 5) is 11.2. The second-order valence-corrected chi connectivity index (χ2v) is 5.74. The maximum atomic E-state index is 11.2. The lowest BCUT2D eigenvalue weighted by Crippen LogP contribution is -2.39. The van der Waals surface area contributed by atoms with Gasteiger partial charge in [0.05, 0.1) is 28.9 Å². The standard InChI is InChI=1S/C14H13IN2O2/c15-17(8-18)14-10-3-1-2-4-12(10)19-13-7-9(16)5-6-11(13)14/h1-8,10,12,14H,16H2. The number of fused-ring (bicyclic) bond motifs is 2. The van der Waals surface area contributed by atoms with Gasteiger partial charge in [0.15, 0.2) is 0 Å². The summed E-state index contributed by atoms with van der Waals surface area (Å²) in [5.74, 6) is 0.887. The summed E-state index contributed by atoms with van der Waals surface area (Å²) in [6.07, 6.45) is 8.85. The number of carbonyl (C=O) groups excluding carboxylic acids is 1. The molecule has 0 aromatic heterocycles. The SMILES string of the molecule is Nc1ccc2c(c1)OC1C=CC=CC1C2N(I)C=O. The molecule has 1 heterocycles. The van der Waals surface area contributed by atoms with E-state index in [0.717, 1.165) is 17.7 Å². The van der Waals surface area contributed by atoms with Gasteiger partial charge in [-0.15, -0.1) is 0 Å². The Morgan fingerprint density at radius 1 is 1.32 bits per heavy atom. The highest BCUT2D eigenvalue weighted by atomic mass is 127. The van der Waals surface area contributed by atoms with E-state index in [4.69, 9.17) is 10.5 Å². The van der Waals surface area contributed by atoms with Gasteiger partial charge >= 0.3 is 0 Å². The quantitative estimate of drug-likeness (QED) is 0.378. The first-order chi connectivity index (χ1) is 9.20. The summed E-state index contributed by atoms with van der Waals surface area (Å²) in [6.45, 7) is 0. The van der Waals surface area contributed by atoms with E-state index >= 15 is 0 Å². The molecule has 1 aromatic carbocycles. The van der Waals surface area contributed by atoms with Gasteiger partial charge < -0.3 is 10.5 Å². The molecule has 0 saturated heterocycles. The molecule has 3 unspecified atom stereocenters. The molecular weight excluding hydrogens is 355 g/mol. The number of nitrogens with two attached hydrogens (primary N) is 1. The van der Waals surface area contributed by atoms with Crippen molar-refractivity contribution in [3.05, 3.63) is 48.1 Å². The second kappa shape index (κ2) is 4.88. The van der Waals surface area contributed by atoms with E-state index in [9.17, 15) is 4.79 Å². The molecule has 2 aliphatic rings. The van der Waals surface area contributed by atoms with Crippen LogP contribution in [0.3, 0.4) is 0 Å². The summed E-state index contributed by atoms with van der Waals surface area (Å²) in [5, 5.41) is 0. The molecule has 0 radical (unpaired) electrons. The van der Waals surface area contributed by atoms with Crippen LogP contribution in [0, 0.1) is 5.92 Å². The number of carbonyl (C=O) groups is 1. The molecule has 0 bridgehead atoms. The van der Waals surface area contributed by atoms with E-state index in [1.807, 2.05) is 59.3 Å². The molecule has 4 nitrogen and oxygen atoms in total. The zero-order valence-corrected chi connectivity index (χ0v) is 12.2. The number of rotatable bonds is 2. The van der Waals surface area contributed by atoms with Gasteiger partial charge in [-0.3, -0.25) is 7.91 Å². The number of allylic oxidation sites excluding steroid dienone is 2. The van der Waals surface area contributed by atoms with Gasteiger partial charge in [-0.05, 0) is 12.1 Å². The van der Waals surface area contributed by atoms with Crippen LogP contribution in [0.15, 0.2) is 42.5 Å². The highest BCUT2D eigenvalue weighted by molar-refractivity contribution is 14.1. The van der Waals surface area contributed by atoms with Crippen molar-refractivity contribution in [2.45, 2.75) is 12.1 Å². The van der Waals surface area contributed by atoms with E-state index < -0.39 is 0 Å². The zero-order chi connectivity index (χ0) is 13.4. The molecule has 0 saturated carbocycles. The lowest BCUT2D eigenvalue weighted by Gasteiger charge is -2.40. The molecule has 0 fully saturated rings. The molecule has 3 rings (SSSR count). The minimum Gasteiger partial charge on any atom is -0.485 e. The van der Waals surface area contributed by atoms with Crippen molar-refractivity contribution in [1.29, 1.82) is 0 Å². The van der Waals surface area contributed by atoms with Crippen molar-refractivity contribution >= 4 is 35.0 Å². The van der Waals surface area contributed by atoms with Crippen LogP contribution in [-0.4, -0.2) is 15.6 Å². The predicted octanol–water partition coefficient (Wildman–Crippen LogP) is 2.62. The predicted molar refractivity (Wildman–Crippen MR) is 81.7 cm³/mol. The summed E-state index contributed by atoms with van der Waals surface area (Å²) >= 11 is 2.04. The van der Waals surface area contributed by atoms with Crippen LogP contribution in [0.25, 0.3) is 0 Å². The summed E-state index contributed by atoms with van der Waals surface area (Å²) in [5.41, 5.74) is 7.47. The Morgan fingerprint density at radius 3 is 2.89 bits per heavy atom. The van der Waals surface area contributed by atoms with Crippen molar-refractivity contribution in [1.82, 2.24) is 3.11 Å². The topological polar surface area (TPSA) is 55.6 Å². The molecular formula is C14H13IN2O2. The van der Waals surface area contributed by atoms with Crippen LogP contribution in [0.2, 0.25) is 0 Å². The Hall–Kier alpha value is -1.50.